The smallest absolute Gasteiger partial charge is 0.321 e. The molecule has 3 amide bonds. The van der Waals surface area contributed by atoms with Crippen molar-refractivity contribution in [2.45, 2.75) is 45.6 Å². The van der Waals surface area contributed by atoms with Crippen molar-refractivity contribution in [2.24, 2.45) is 5.92 Å². The number of carboxylic acids is 1. The molecule has 1 saturated carbocycles. The van der Waals surface area contributed by atoms with Crippen LogP contribution in [0.25, 0.3) is 0 Å². The third-order valence-corrected chi connectivity index (χ3v) is 3.46. The van der Waals surface area contributed by atoms with E-state index in [2.05, 4.69) is 22.5 Å². The number of hydrogen-bond donors (Lipinski definition) is 3. The lowest BCUT2D eigenvalue weighted by molar-refractivity contribution is -0.138. The first-order valence-corrected chi connectivity index (χ1v) is 7.45. The maximum atomic E-state index is 11.5. The Morgan fingerprint density at radius 1 is 1.29 bits per heavy atom. The van der Waals surface area contributed by atoms with Crippen molar-refractivity contribution in [3.05, 3.63) is 0 Å². The van der Waals surface area contributed by atoms with Gasteiger partial charge < -0.3 is 10.4 Å². The summed E-state index contributed by atoms with van der Waals surface area (Å²) in [7, 11) is 0. The van der Waals surface area contributed by atoms with Crippen LogP contribution in [0, 0.1) is 5.92 Å². The Kier molecular flexibility index (Phi) is 7.14. The van der Waals surface area contributed by atoms with Crippen LogP contribution in [0.3, 0.4) is 0 Å². The molecule has 0 radical (unpaired) electrons. The van der Waals surface area contributed by atoms with Crippen LogP contribution in [-0.4, -0.2) is 53.6 Å². The molecule has 0 bridgehead atoms. The molecule has 1 atom stereocenters. The van der Waals surface area contributed by atoms with Gasteiger partial charge >= 0.3 is 12.0 Å². The summed E-state index contributed by atoms with van der Waals surface area (Å²) < 4.78 is 0. The Bertz CT molecular complexity index is 382. The minimum Gasteiger partial charge on any atom is -0.481 e. The molecule has 21 heavy (non-hydrogen) atoms. The first kappa shape index (κ1) is 17.4. The van der Waals surface area contributed by atoms with E-state index in [9.17, 15) is 14.4 Å². The maximum absolute atomic E-state index is 11.5. The van der Waals surface area contributed by atoms with Crippen LogP contribution in [0.1, 0.15) is 39.5 Å². The summed E-state index contributed by atoms with van der Waals surface area (Å²) in [6, 6.07) is 0.132. The van der Waals surface area contributed by atoms with Gasteiger partial charge in [0, 0.05) is 32.0 Å². The molecule has 1 aliphatic rings. The Hall–Kier alpha value is -1.63. The molecule has 0 heterocycles. The summed E-state index contributed by atoms with van der Waals surface area (Å²) in [5, 5.41) is 13.5. The Morgan fingerprint density at radius 3 is 2.48 bits per heavy atom. The van der Waals surface area contributed by atoms with E-state index in [1.807, 2.05) is 0 Å². The van der Waals surface area contributed by atoms with Gasteiger partial charge in [-0.2, -0.15) is 0 Å². The van der Waals surface area contributed by atoms with E-state index >= 15 is 0 Å². The van der Waals surface area contributed by atoms with Gasteiger partial charge in [-0.05, 0) is 25.3 Å². The van der Waals surface area contributed by atoms with Gasteiger partial charge in [0.25, 0.3) is 0 Å². The molecule has 1 aliphatic carbocycles. The molecule has 0 spiro atoms. The predicted molar refractivity (Wildman–Crippen MR) is 77.8 cm³/mol. The number of imide groups is 1. The number of rotatable bonds is 9. The molecule has 0 aromatic heterocycles. The number of nitrogens with zero attached hydrogens (tertiary/aromatic N) is 1. The quantitative estimate of drug-likeness (QED) is 0.585. The van der Waals surface area contributed by atoms with E-state index in [-0.39, 0.29) is 18.8 Å². The first-order chi connectivity index (χ1) is 9.92. The van der Waals surface area contributed by atoms with E-state index in [1.54, 1.807) is 6.92 Å². The van der Waals surface area contributed by atoms with Gasteiger partial charge in [0.2, 0.25) is 5.91 Å². The molecule has 120 valence electrons. The van der Waals surface area contributed by atoms with Crippen LogP contribution in [-0.2, 0) is 9.59 Å². The SMILES string of the molecule is CCN(CCNC(=O)NC(=O)CC(C)CC(=O)O)C1CC1. The topological polar surface area (TPSA) is 98.7 Å². The van der Waals surface area contributed by atoms with Gasteiger partial charge in [0.05, 0.1) is 0 Å². The molecular weight excluding hydrogens is 274 g/mol. The number of likely N-dealkylation sites (N-methyl/N-ethyl adjacent to an activating group) is 1. The van der Waals surface area contributed by atoms with E-state index < -0.39 is 17.9 Å². The van der Waals surface area contributed by atoms with Crippen LogP contribution in [0.2, 0.25) is 0 Å². The van der Waals surface area contributed by atoms with Crippen molar-refractivity contribution >= 4 is 17.9 Å². The largest absolute Gasteiger partial charge is 0.481 e. The fraction of sp³-hybridized carbons (Fsp3) is 0.786. The fourth-order valence-electron chi connectivity index (χ4n) is 2.26. The summed E-state index contributed by atoms with van der Waals surface area (Å²) in [4.78, 5) is 35.9. The molecule has 7 nitrogen and oxygen atoms in total. The monoisotopic (exact) mass is 299 g/mol. The van der Waals surface area contributed by atoms with Crippen LogP contribution in [0.4, 0.5) is 4.79 Å². The molecule has 3 N–H and O–H groups in total. The fourth-order valence-corrected chi connectivity index (χ4v) is 2.26. The van der Waals surface area contributed by atoms with Crippen molar-refractivity contribution in [1.29, 1.82) is 0 Å². The summed E-state index contributed by atoms with van der Waals surface area (Å²) in [5.74, 6) is -1.68. The molecule has 0 aromatic rings. The molecule has 0 saturated heterocycles. The Morgan fingerprint density at radius 2 is 1.95 bits per heavy atom. The molecule has 1 fully saturated rings. The Balaban J connectivity index is 2.14. The lowest BCUT2D eigenvalue weighted by Gasteiger charge is -2.19. The van der Waals surface area contributed by atoms with Crippen LogP contribution < -0.4 is 10.6 Å². The Labute approximate surface area is 125 Å². The van der Waals surface area contributed by atoms with Gasteiger partial charge in [-0.3, -0.25) is 19.8 Å². The second-order valence-corrected chi connectivity index (χ2v) is 5.57. The highest BCUT2D eigenvalue weighted by molar-refractivity contribution is 5.94. The summed E-state index contributed by atoms with van der Waals surface area (Å²) in [6.07, 6.45) is 2.39. The van der Waals surface area contributed by atoms with E-state index in [0.717, 1.165) is 13.1 Å². The summed E-state index contributed by atoms with van der Waals surface area (Å²) in [6.45, 7) is 5.98. The van der Waals surface area contributed by atoms with Crippen molar-refractivity contribution in [1.82, 2.24) is 15.5 Å². The molecule has 7 heteroatoms. The van der Waals surface area contributed by atoms with Gasteiger partial charge in [-0.25, -0.2) is 4.79 Å². The molecular formula is C14H25N3O4. The molecule has 0 aromatic carbocycles. The number of hydrogen-bond acceptors (Lipinski definition) is 4. The van der Waals surface area contributed by atoms with Crippen molar-refractivity contribution in [3.63, 3.8) is 0 Å². The van der Waals surface area contributed by atoms with Crippen LogP contribution in [0.5, 0.6) is 0 Å². The highest BCUT2D eigenvalue weighted by Gasteiger charge is 2.27. The number of urea groups is 1. The average Bonchev–Trinajstić information content (AvgIpc) is 3.17. The van der Waals surface area contributed by atoms with E-state index in [1.165, 1.54) is 12.8 Å². The van der Waals surface area contributed by atoms with E-state index in [4.69, 9.17) is 5.11 Å². The third-order valence-electron chi connectivity index (χ3n) is 3.46. The number of nitrogens with one attached hydrogen (secondary N) is 2. The number of carbonyl (C=O) groups is 3. The lowest BCUT2D eigenvalue weighted by atomic mass is 10.0. The van der Waals surface area contributed by atoms with Crippen molar-refractivity contribution in [2.75, 3.05) is 19.6 Å². The zero-order chi connectivity index (χ0) is 15.8. The van der Waals surface area contributed by atoms with Crippen LogP contribution in [0.15, 0.2) is 0 Å². The normalized spacial score (nSPS) is 15.6. The molecule has 0 aliphatic heterocycles. The van der Waals surface area contributed by atoms with Gasteiger partial charge in [-0.1, -0.05) is 13.8 Å². The highest BCUT2D eigenvalue weighted by Crippen LogP contribution is 2.25. The number of amides is 3. The summed E-state index contributed by atoms with van der Waals surface area (Å²) >= 11 is 0. The summed E-state index contributed by atoms with van der Waals surface area (Å²) in [5.41, 5.74) is 0. The van der Waals surface area contributed by atoms with Gasteiger partial charge in [0.1, 0.15) is 0 Å². The minimum atomic E-state index is -0.945. The van der Waals surface area contributed by atoms with Crippen LogP contribution >= 0.6 is 0 Å². The number of carboxylic acid groups (broad SMARTS) is 1. The number of carbonyl (C=O) groups excluding carboxylic acids is 2. The zero-order valence-electron chi connectivity index (χ0n) is 12.7. The standard InChI is InChI=1S/C14H25N3O4/c1-3-17(11-4-5-11)7-6-15-14(21)16-12(18)8-10(2)9-13(19)20/h10-11H,3-9H2,1-2H3,(H,19,20)(H2,15,16,18,21). The van der Waals surface area contributed by atoms with E-state index in [0.29, 0.717) is 12.6 Å². The van der Waals surface area contributed by atoms with Crippen molar-refractivity contribution < 1.29 is 19.5 Å². The second kappa shape index (κ2) is 8.61. The van der Waals surface area contributed by atoms with Gasteiger partial charge in [-0.15, -0.1) is 0 Å². The predicted octanol–water partition coefficient (Wildman–Crippen LogP) is 0.797. The first-order valence-electron chi connectivity index (χ1n) is 7.45. The average molecular weight is 299 g/mol. The van der Waals surface area contributed by atoms with Gasteiger partial charge in [0.15, 0.2) is 0 Å². The highest BCUT2D eigenvalue weighted by atomic mass is 16.4. The number of aliphatic carboxylic acids is 1. The maximum Gasteiger partial charge on any atom is 0.321 e. The van der Waals surface area contributed by atoms with Crippen molar-refractivity contribution in [3.8, 4) is 0 Å². The molecule has 1 rings (SSSR count). The second-order valence-electron chi connectivity index (χ2n) is 5.57. The molecule has 1 unspecified atom stereocenters. The lowest BCUT2D eigenvalue weighted by Crippen LogP contribution is -2.43. The zero-order valence-corrected chi connectivity index (χ0v) is 12.7. The minimum absolute atomic E-state index is 0.0306. The third kappa shape index (κ3) is 7.65.